The van der Waals surface area contributed by atoms with Crippen LogP contribution in [0.2, 0.25) is 0 Å². The Labute approximate surface area is 95.9 Å². The Bertz CT molecular complexity index is 359. The molecule has 0 heterocycles. The lowest BCUT2D eigenvalue weighted by Gasteiger charge is -2.11. The summed E-state index contributed by atoms with van der Waals surface area (Å²) < 4.78 is 4.97. The monoisotopic (exact) mass is 219 g/mol. The Kier molecular flexibility index (Phi) is 4.73. The smallest absolute Gasteiger partial charge is 0.323 e. The molecule has 3 nitrogen and oxygen atoms in total. The fraction of sp³-hybridized carbons (Fsp3) is 0.308. The van der Waals surface area contributed by atoms with Gasteiger partial charge in [-0.05, 0) is 24.5 Å². The third-order valence-electron chi connectivity index (χ3n) is 2.06. The molecule has 16 heavy (non-hydrogen) atoms. The Morgan fingerprint density at radius 2 is 2.06 bits per heavy atom. The number of esters is 1. The van der Waals surface area contributed by atoms with E-state index in [9.17, 15) is 4.79 Å². The van der Waals surface area contributed by atoms with Crippen LogP contribution in [0.1, 0.15) is 12.5 Å². The van der Waals surface area contributed by atoms with Crippen molar-refractivity contribution in [3.63, 3.8) is 0 Å². The molecule has 0 aliphatic heterocycles. The third-order valence-corrected chi connectivity index (χ3v) is 2.06. The highest BCUT2D eigenvalue weighted by atomic mass is 16.5. The van der Waals surface area contributed by atoms with E-state index in [-0.39, 0.29) is 12.6 Å². The van der Waals surface area contributed by atoms with Gasteiger partial charge in [0, 0.05) is 0 Å². The summed E-state index contributed by atoms with van der Waals surface area (Å²) in [5.41, 5.74) is 7.57. The summed E-state index contributed by atoms with van der Waals surface area (Å²) in [6.45, 7) is 5.69. The molecule has 1 atom stereocenters. The lowest BCUT2D eigenvalue weighted by molar-refractivity contribution is -0.144. The van der Waals surface area contributed by atoms with Crippen molar-refractivity contribution >= 4 is 5.97 Å². The standard InChI is InChI=1S/C13H17NO2/c1-10(2)9-16-13(15)12(14)8-11-6-4-3-5-7-11/h3-7,12H,1,8-9,14H2,2H3/t12-/m0/s1. The number of rotatable bonds is 5. The topological polar surface area (TPSA) is 52.3 Å². The van der Waals surface area contributed by atoms with E-state index in [0.29, 0.717) is 6.42 Å². The van der Waals surface area contributed by atoms with Crippen molar-refractivity contribution < 1.29 is 9.53 Å². The second-order valence-corrected chi connectivity index (χ2v) is 3.86. The van der Waals surface area contributed by atoms with Gasteiger partial charge in [0.1, 0.15) is 12.6 Å². The van der Waals surface area contributed by atoms with Gasteiger partial charge in [0.25, 0.3) is 0 Å². The predicted octanol–water partition coefficient (Wildman–Crippen LogP) is 1.68. The first-order chi connectivity index (χ1) is 7.59. The highest BCUT2D eigenvalue weighted by molar-refractivity contribution is 5.76. The third kappa shape index (κ3) is 4.28. The lowest BCUT2D eigenvalue weighted by atomic mass is 10.1. The maximum Gasteiger partial charge on any atom is 0.323 e. The van der Waals surface area contributed by atoms with Crippen molar-refractivity contribution in [1.29, 1.82) is 0 Å². The highest BCUT2D eigenvalue weighted by Crippen LogP contribution is 2.03. The van der Waals surface area contributed by atoms with Gasteiger partial charge < -0.3 is 10.5 Å². The molecule has 0 amide bonds. The number of nitrogens with two attached hydrogens (primary N) is 1. The van der Waals surface area contributed by atoms with Crippen molar-refractivity contribution in [2.45, 2.75) is 19.4 Å². The van der Waals surface area contributed by atoms with E-state index in [1.165, 1.54) is 0 Å². The Morgan fingerprint density at radius 1 is 1.44 bits per heavy atom. The molecule has 1 rings (SSSR count). The average molecular weight is 219 g/mol. The molecule has 1 aromatic rings. The number of hydrogen-bond acceptors (Lipinski definition) is 3. The summed E-state index contributed by atoms with van der Waals surface area (Å²) in [6, 6.07) is 9.02. The maximum atomic E-state index is 11.5. The van der Waals surface area contributed by atoms with Gasteiger partial charge in [-0.2, -0.15) is 0 Å². The van der Waals surface area contributed by atoms with Crippen LogP contribution in [0.25, 0.3) is 0 Å². The summed E-state index contributed by atoms with van der Waals surface area (Å²) in [6.07, 6.45) is 0.496. The summed E-state index contributed by atoms with van der Waals surface area (Å²) in [4.78, 5) is 11.5. The number of hydrogen-bond donors (Lipinski definition) is 1. The zero-order valence-electron chi connectivity index (χ0n) is 9.48. The molecule has 0 bridgehead atoms. The van der Waals surface area contributed by atoms with Crippen molar-refractivity contribution in [3.8, 4) is 0 Å². The van der Waals surface area contributed by atoms with Gasteiger partial charge in [0.2, 0.25) is 0 Å². The van der Waals surface area contributed by atoms with Gasteiger partial charge in [-0.25, -0.2) is 0 Å². The summed E-state index contributed by atoms with van der Waals surface area (Å²) in [5, 5.41) is 0. The number of carbonyl (C=O) groups excluding carboxylic acids is 1. The molecule has 0 radical (unpaired) electrons. The largest absolute Gasteiger partial charge is 0.460 e. The van der Waals surface area contributed by atoms with Crippen LogP contribution in [-0.4, -0.2) is 18.6 Å². The van der Waals surface area contributed by atoms with Gasteiger partial charge in [0.15, 0.2) is 0 Å². The van der Waals surface area contributed by atoms with E-state index in [0.717, 1.165) is 11.1 Å². The Morgan fingerprint density at radius 3 is 2.62 bits per heavy atom. The molecule has 0 spiro atoms. The summed E-state index contributed by atoms with van der Waals surface area (Å²) in [5.74, 6) is -0.383. The first kappa shape index (κ1) is 12.5. The number of ether oxygens (including phenoxy) is 1. The minimum atomic E-state index is -0.609. The van der Waals surface area contributed by atoms with Crippen LogP contribution < -0.4 is 5.73 Å². The SMILES string of the molecule is C=C(C)COC(=O)[C@@H](N)Cc1ccccc1. The van der Waals surface area contributed by atoms with Gasteiger partial charge in [-0.1, -0.05) is 36.9 Å². The van der Waals surface area contributed by atoms with Crippen LogP contribution >= 0.6 is 0 Å². The molecule has 2 N–H and O–H groups in total. The van der Waals surface area contributed by atoms with Gasteiger partial charge >= 0.3 is 5.97 Å². The minimum absolute atomic E-state index is 0.237. The zero-order valence-corrected chi connectivity index (χ0v) is 9.48. The molecule has 1 aromatic carbocycles. The molecule has 0 unspecified atom stereocenters. The van der Waals surface area contributed by atoms with Crippen molar-refractivity contribution in [3.05, 3.63) is 48.0 Å². The Hall–Kier alpha value is -1.61. The van der Waals surface area contributed by atoms with Crippen LogP contribution in [0.4, 0.5) is 0 Å². The lowest BCUT2D eigenvalue weighted by Crippen LogP contribution is -2.34. The second kappa shape index (κ2) is 6.08. The van der Waals surface area contributed by atoms with Crippen LogP contribution in [0.15, 0.2) is 42.5 Å². The normalized spacial score (nSPS) is 11.9. The maximum absolute atomic E-state index is 11.5. The molecular formula is C13H17NO2. The molecule has 0 aliphatic carbocycles. The predicted molar refractivity (Wildman–Crippen MR) is 63.9 cm³/mol. The first-order valence-electron chi connectivity index (χ1n) is 5.20. The average Bonchev–Trinajstić information content (AvgIpc) is 2.27. The molecule has 0 fully saturated rings. The van der Waals surface area contributed by atoms with Crippen molar-refractivity contribution in [2.24, 2.45) is 5.73 Å². The van der Waals surface area contributed by atoms with E-state index < -0.39 is 6.04 Å². The van der Waals surface area contributed by atoms with E-state index in [2.05, 4.69) is 6.58 Å². The molecule has 0 saturated heterocycles. The quantitative estimate of drug-likeness (QED) is 0.605. The van der Waals surface area contributed by atoms with Gasteiger partial charge in [0.05, 0.1) is 0 Å². The minimum Gasteiger partial charge on any atom is -0.460 e. The van der Waals surface area contributed by atoms with E-state index in [1.807, 2.05) is 30.3 Å². The van der Waals surface area contributed by atoms with Gasteiger partial charge in [-0.15, -0.1) is 0 Å². The summed E-state index contributed by atoms with van der Waals surface area (Å²) in [7, 11) is 0. The fourth-order valence-corrected chi connectivity index (χ4v) is 1.25. The van der Waals surface area contributed by atoms with Crippen LogP contribution in [0.5, 0.6) is 0 Å². The van der Waals surface area contributed by atoms with Crippen molar-refractivity contribution in [1.82, 2.24) is 0 Å². The molecule has 86 valence electrons. The second-order valence-electron chi connectivity index (χ2n) is 3.86. The van der Waals surface area contributed by atoms with E-state index in [4.69, 9.17) is 10.5 Å². The first-order valence-corrected chi connectivity index (χ1v) is 5.20. The molecule has 0 saturated carbocycles. The highest BCUT2D eigenvalue weighted by Gasteiger charge is 2.15. The fourth-order valence-electron chi connectivity index (χ4n) is 1.25. The Balaban J connectivity index is 2.43. The molecule has 3 heteroatoms. The number of carbonyl (C=O) groups is 1. The van der Waals surface area contributed by atoms with E-state index in [1.54, 1.807) is 6.92 Å². The van der Waals surface area contributed by atoms with Gasteiger partial charge in [-0.3, -0.25) is 4.79 Å². The molecular weight excluding hydrogens is 202 g/mol. The summed E-state index contributed by atoms with van der Waals surface area (Å²) >= 11 is 0. The number of benzene rings is 1. The molecule has 0 aliphatic rings. The van der Waals surface area contributed by atoms with Crippen LogP contribution in [0.3, 0.4) is 0 Å². The van der Waals surface area contributed by atoms with Crippen LogP contribution in [0, 0.1) is 0 Å². The zero-order chi connectivity index (χ0) is 12.0. The van der Waals surface area contributed by atoms with Crippen molar-refractivity contribution in [2.75, 3.05) is 6.61 Å². The molecule has 0 aromatic heterocycles. The van der Waals surface area contributed by atoms with E-state index >= 15 is 0 Å². The van der Waals surface area contributed by atoms with Crippen LogP contribution in [-0.2, 0) is 16.0 Å².